The molecule has 1 spiro atoms. The van der Waals surface area contributed by atoms with Gasteiger partial charge in [-0.05, 0) is 49.9 Å². The second-order valence-electron chi connectivity index (χ2n) is 13.6. The van der Waals surface area contributed by atoms with Gasteiger partial charge in [0.25, 0.3) is 5.56 Å². The van der Waals surface area contributed by atoms with Gasteiger partial charge in [0.2, 0.25) is 5.88 Å². The molecule has 3 aromatic heterocycles. The molecule has 2 aliphatic heterocycles. The highest BCUT2D eigenvalue weighted by atomic mass is 35.5. The lowest BCUT2D eigenvalue weighted by Crippen LogP contribution is -2.46. The van der Waals surface area contributed by atoms with E-state index in [-0.39, 0.29) is 23.0 Å². The van der Waals surface area contributed by atoms with Crippen molar-refractivity contribution >= 4 is 51.6 Å². The number of carbonyl (C=O) groups excluding carboxylic acids is 1. The maximum Gasteiger partial charge on any atom is 0.330 e. The molecule has 0 unspecified atom stereocenters. The fourth-order valence-corrected chi connectivity index (χ4v) is 8.54. The van der Waals surface area contributed by atoms with Crippen LogP contribution in [0.2, 0.25) is 10.0 Å². The number of methoxy groups -OCH3 is 1. The molecular weight excluding hydrogens is 691 g/mol. The van der Waals surface area contributed by atoms with Crippen LogP contribution in [-0.2, 0) is 20.5 Å². The molecule has 2 atom stereocenters. The molecule has 14 heteroatoms. The SMILES string of the molecule is COc1nc(-c2cccc(-c3cccc(Nc4nc(C)cc5c4c(=O)n(C)c(=O)n5C)c3Cl)c2Cl)cc2c1[C@@H](N1CC[C@]3(CNC(=O)N3)C1)CC2. The zero-order valence-electron chi connectivity index (χ0n) is 28.6. The Morgan fingerprint density at radius 3 is 2.47 bits per heavy atom. The second-order valence-corrected chi connectivity index (χ2v) is 14.4. The number of hydrogen-bond acceptors (Lipinski definition) is 8. The molecule has 2 fully saturated rings. The van der Waals surface area contributed by atoms with E-state index in [2.05, 4.69) is 31.9 Å². The minimum absolute atomic E-state index is 0.103. The maximum atomic E-state index is 13.3. The van der Waals surface area contributed by atoms with Crippen molar-refractivity contribution in [1.29, 1.82) is 0 Å². The van der Waals surface area contributed by atoms with E-state index >= 15 is 0 Å². The summed E-state index contributed by atoms with van der Waals surface area (Å²) in [5.74, 6) is 0.869. The first-order chi connectivity index (χ1) is 24.5. The van der Waals surface area contributed by atoms with Crippen LogP contribution in [0.1, 0.15) is 35.7 Å². The molecule has 262 valence electrons. The van der Waals surface area contributed by atoms with Gasteiger partial charge in [0.1, 0.15) is 11.2 Å². The molecule has 8 rings (SSSR count). The number of pyridine rings is 2. The number of benzene rings is 2. The number of likely N-dealkylation sites (tertiary alicyclic amines) is 1. The molecule has 1 aliphatic carbocycles. The Kier molecular flexibility index (Phi) is 8.08. The molecule has 5 heterocycles. The Morgan fingerprint density at radius 2 is 1.73 bits per heavy atom. The molecule has 2 amide bonds. The summed E-state index contributed by atoms with van der Waals surface area (Å²) in [7, 11) is 4.71. The first kappa shape index (κ1) is 33.2. The summed E-state index contributed by atoms with van der Waals surface area (Å²) in [6.45, 7) is 4.09. The van der Waals surface area contributed by atoms with E-state index < -0.39 is 11.2 Å². The lowest BCUT2D eigenvalue weighted by molar-refractivity contribution is 0.219. The summed E-state index contributed by atoms with van der Waals surface area (Å²) in [6.07, 6.45) is 2.70. The number of rotatable bonds is 6. The van der Waals surface area contributed by atoms with Crippen LogP contribution in [-0.4, -0.2) is 62.3 Å². The van der Waals surface area contributed by atoms with Gasteiger partial charge < -0.3 is 20.7 Å². The zero-order valence-corrected chi connectivity index (χ0v) is 30.1. The fraction of sp³-hybridized carbons (Fsp3) is 0.324. The minimum Gasteiger partial charge on any atom is -0.481 e. The summed E-state index contributed by atoms with van der Waals surface area (Å²) in [4.78, 5) is 49.9. The quantitative estimate of drug-likeness (QED) is 0.210. The third-order valence-corrected chi connectivity index (χ3v) is 11.3. The van der Waals surface area contributed by atoms with Gasteiger partial charge in [-0.1, -0.05) is 53.5 Å². The average molecular weight is 728 g/mol. The standard InChI is InChI=1S/C37H36Cl2N8O4/c1-19-15-27-29(34(48)46(3)36(50)45(27)2)32(41-19)42-24-10-6-8-22(31(24)39)21-7-5-9-23(30(21)38)25-16-20-11-12-26(28(20)33(43-25)51-4)47-14-13-37(18-47)17-40-35(49)44-37/h5-10,15-16,26H,11-14,17-18H2,1-4H3,(H,41,42)(H2,40,44,49)/t26-,37-/m0/s1. The number of ether oxygens (including phenoxy) is 1. The van der Waals surface area contributed by atoms with Crippen LogP contribution < -0.4 is 31.9 Å². The Morgan fingerprint density at radius 1 is 0.980 bits per heavy atom. The van der Waals surface area contributed by atoms with E-state index in [4.69, 9.17) is 32.9 Å². The zero-order chi connectivity index (χ0) is 35.8. The van der Waals surface area contributed by atoms with Crippen LogP contribution in [0.15, 0.2) is 58.1 Å². The molecule has 0 radical (unpaired) electrons. The summed E-state index contributed by atoms with van der Waals surface area (Å²) in [5.41, 5.74) is 5.58. The average Bonchev–Trinajstić information content (AvgIpc) is 3.84. The molecule has 5 aromatic rings. The van der Waals surface area contributed by atoms with Crippen LogP contribution in [0.4, 0.5) is 16.3 Å². The summed E-state index contributed by atoms with van der Waals surface area (Å²) >= 11 is 14.3. The summed E-state index contributed by atoms with van der Waals surface area (Å²) < 4.78 is 8.41. The molecule has 51 heavy (non-hydrogen) atoms. The van der Waals surface area contributed by atoms with Crippen molar-refractivity contribution in [3.05, 3.63) is 96.2 Å². The molecule has 2 aromatic carbocycles. The Labute approximate surface area is 303 Å². The van der Waals surface area contributed by atoms with Crippen molar-refractivity contribution < 1.29 is 9.53 Å². The third kappa shape index (κ3) is 5.44. The van der Waals surface area contributed by atoms with E-state index in [9.17, 15) is 14.4 Å². The largest absolute Gasteiger partial charge is 0.481 e. The number of fused-ring (bicyclic) bond motifs is 2. The van der Waals surface area contributed by atoms with Gasteiger partial charge in [-0.25, -0.2) is 19.6 Å². The van der Waals surface area contributed by atoms with Crippen LogP contribution >= 0.6 is 23.2 Å². The lowest BCUT2D eigenvalue weighted by atomic mass is 9.99. The normalized spacial score (nSPS) is 19.8. The topological polar surface area (TPSA) is 135 Å². The van der Waals surface area contributed by atoms with E-state index in [0.717, 1.165) is 48.0 Å². The molecule has 0 bridgehead atoms. The van der Waals surface area contributed by atoms with E-state index in [1.165, 1.54) is 17.2 Å². The van der Waals surface area contributed by atoms with E-state index in [1.807, 2.05) is 30.3 Å². The first-order valence-electron chi connectivity index (χ1n) is 16.8. The van der Waals surface area contributed by atoms with Crippen molar-refractivity contribution in [2.75, 3.05) is 32.1 Å². The lowest BCUT2D eigenvalue weighted by Gasteiger charge is -2.28. The van der Waals surface area contributed by atoms with Crippen LogP contribution in [0.25, 0.3) is 33.3 Å². The number of amides is 2. The predicted molar refractivity (Wildman–Crippen MR) is 198 cm³/mol. The number of nitrogens with zero attached hydrogens (tertiary/aromatic N) is 5. The molecule has 0 saturated carbocycles. The Hall–Kier alpha value is -4.91. The summed E-state index contributed by atoms with van der Waals surface area (Å²) in [6, 6.07) is 15.2. The third-order valence-electron chi connectivity index (χ3n) is 10.5. The highest BCUT2D eigenvalue weighted by Crippen LogP contribution is 2.47. The van der Waals surface area contributed by atoms with Gasteiger partial charge >= 0.3 is 11.7 Å². The van der Waals surface area contributed by atoms with Gasteiger partial charge in [0.05, 0.1) is 39.6 Å². The van der Waals surface area contributed by atoms with Crippen molar-refractivity contribution in [2.45, 2.75) is 37.8 Å². The van der Waals surface area contributed by atoms with Crippen LogP contribution in [0.3, 0.4) is 0 Å². The molecule has 3 N–H and O–H groups in total. The number of nitrogens with one attached hydrogen (secondary N) is 3. The number of halogens is 2. The van der Waals surface area contributed by atoms with Crippen molar-refractivity contribution in [1.82, 2.24) is 34.6 Å². The number of carbonyl (C=O) groups is 1. The second kappa shape index (κ2) is 12.4. The molecule has 3 aliphatic rings. The predicted octanol–water partition coefficient (Wildman–Crippen LogP) is 5.47. The van der Waals surface area contributed by atoms with Crippen molar-refractivity contribution in [3.63, 3.8) is 0 Å². The number of aromatic nitrogens is 4. The first-order valence-corrected chi connectivity index (χ1v) is 17.5. The highest BCUT2D eigenvalue weighted by Gasteiger charge is 2.46. The van der Waals surface area contributed by atoms with Gasteiger partial charge in [-0.15, -0.1) is 0 Å². The van der Waals surface area contributed by atoms with Crippen LogP contribution in [0.5, 0.6) is 5.88 Å². The van der Waals surface area contributed by atoms with Gasteiger partial charge in [0, 0.05) is 67.7 Å². The highest BCUT2D eigenvalue weighted by molar-refractivity contribution is 6.39. The molecule has 2 saturated heterocycles. The smallest absolute Gasteiger partial charge is 0.330 e. The molecular formula is C37H36Cl2N8O4. The minimum atomic E-state index is -0.460. The molecule has 12 nitrogen and oxygen atoms in total. The monoisotopic (exact) mass is 726 g/mol. The van der Waals surface area contributed by atoms with Crippen molar-refractivity contribution in [2.24, 2.45) is 14.1 Å². The Bertz CT molecular complexity index is 2410. The summed E-state index contributed by atoms with van der Waals surface area (Å²) in [5, 5.41) is 10.5. The Balaban J connectivity index is 1.14. The van der Waals surface area contributed by atoms with Crippen molar-refractivity contribution in [3.8, 4) is 28.3 Å². The van der Waals surface area contributed by atoms with E-state index in [0.29, 0.717) is 62.0 Å². The fourth-order valence-electron chi connectivity index (χ4n) is 7.94. The van der Waals surface area contributed by atoms with E-state index in [1.54, 1.807) is 33.2 Å². The van der Waals surface area contributed by atoms with Gasteiger partial charge in [-0.3, -0.25) is 18.8 Å². The maximum absolute atomic E-state index is 13.3. The van der Waals surface area contributed by atoms with Gasteiger partial charge in [0.15, 0.2) is 0 Å². The number of anilines is 2. The number of urea groups is 1. The number of hydrogen-bond donors (Lipinski definition) is 3. The number of aryl methyl sites for hydroxylation is 3. The van der Waals surface area contributed by atoms with Gasteiger partial charge in [-0.2, -0.15) is 0 Å². The van der Waals surface area contributed by atoms with Crippen LogP contribution in [0, 0.1) is 6.92 Å².